The van der Waals surface area contributed by atoms with Gasteiger partial charge in [0.2, 0.25) is 0 Å². The molecule has 1 fully saturated rings. The van der Waals surface area contributed by atoms with Gasteiger partial charge in [0.15, 0.2) is 0 Å². The highest BCUT2D eigenvalue weighted by molar-refractivity contribution is 6.46. The number of aromatic nitrogens is 1. The van der Waals surface area contributed by atoms with Crippen molar-refractivity contribution in [3.8, 4) is 0 Å². The first-order valence-corrected chi connectivity index (χ1v) is 11.1. The van der Waals surface area contributed by atoms with Crippen molar-refractivity contribution in [2.45, 2.75) is 46.2 Å². The van der Waals surface area contributed by atoms with Gasteiger partial charge in [0.25, 0.3) is 11.7 Å². The molecule has 1 aliphatic heterocycles. The number of aryl methyl sites for hydroxylation is 2. The maximum atomic E-state index is 13.3. The predicted octanol–water partition coefficient (Wildman–Crippen LogP) is 5.44. The first-order chi connectivity index (χ1) is 15.8. The summed E-state index contributed by atoms with van der Waals surface area (Å²) in [5, 5.41) is 11.3. The highest BCUT2D eigenvalue weighted by Crippen LogP contribution is 2.41. The summed E-state index contributed by atoms with van der Waals surface area (Å²) >= 11 is 0. The van der Waals surface area contributed by atoms with E-state index in [1.165, 1.54) is 5.56 Å². The number of likely N-dealkylation sites (tertiary alicyclic amines) is 1. The SMILES string of the molecule is Cc1ccc(C)c(C(O)=C2C(=O)C(=O)N(Cc3ccncc3)C2c2ccc(C(C)C)cc2)c1. The molecule has 0 radical (unpaired) electrons. The van der Waals surface area contributed by atoms with E-state index >= 15 is 0 Å². The lowest BCUT2D eigenvalue weighted by atomic mass is 9.92. The van der Waals surface area contributed by atoms with Crippen molar-refractivity contribution in [1.82, 2.24) is 9.88 Å². The van der Waals surface area contributed by atoms with Crippen LogP contribution in [0.15, 0.2) is 72.6 Å². The van der Waals surface area contributed by atoms with Gasteiger partial charge in [-0.1, -0.05) is 55.8 Å². The zero-order valence-corrected chi connectivity index (χ0v) is 19.4. The standard InChI is InChI=1S/C28H28N2O3/c1-17(2)21-7-9-22(10-8-21)25-24(26(31)23-15-18(3)5-6-19(23)4)27(32)28(33)30(25)16-20-11-13-29-14-12-20/h5-15,17,25,31H,16H2,1-4H3. The van der Waals surface area contributed by atoms with E-state index < -0.39 is 17.7 Å². The van der Waals surface area contributed by atoms with E-state index in [1.54, 1.807) is 17.3 Å². The second-order valence-electron chi connectivity index (χ2n) is 8.92. The van der Waals surface area contributed by atoms with Crippen LogP contribution in [0.4, 0.5) is 0 Å². The Morgan fingerprint density at radius 1 is 1.00 bits per heavy atom. The topological polar surface area (TPSA) is 70.5 Å². The molecule has 33 heavy (non-hydrogen) atoms. The number of aliphatic hydroxyl groups is 1. The Hall–Kier alpha value is -3.73. The lowest BCUT2D eigenvalue weighted by Crippen LogP contribution is -2.29. The highest BCUT2D eigenvalue weighted by atomic mass is 16.3. The van der Waals surface area contributed by atoms with Gasteiger partial charge in [0.05, 0.1) is 11.6 Å². The number of aliphatic hydroxyl groups excluding tert-OH is 1. The fraction of sp³-hybridized carbons (Fsp3) is 0.250. The van der Waals surface area contributed by atoms with Gasteiger partial charge in [-0.05, 0) is 60.2 Å². The van der Waals surface area contributed by atoms with Crippen LogP contribution in [0.25, 0.3) is 5.76 Å². The predicted molar refractivity (Wildman–Crippen MR) is 129 cm³/mol. The maximum Gasteiger partial charge on any atom is 0.295 e. The van der Waals surface area contributed by atoms with Gasteiger partial charge in [-0.3, -0.25) is 14.6 Å². The van der Waals surface area contributed by atoms with Crippen LogP contribution in [0.2, 0.25) is 0 Å². The molecule has 5 nitrogen and oxygen atoms in total. The Morgan fingerprint density at radius 3 is 2.30 bits per heavy atom. The van der Waals surface area contributed by atoms with Crippen molar-refractivity contribution in [3.05, 3.63) is 106 Å². The number of Topliss-reactive ketones (excluding diaryl/α,β-unsaturated/α-hetero) is 1. The molecule has 1 atom stereocenters. The lowest BCUT2D eigenvalue weighted by Gasteiger charge is -2.26. The number of amides is 1. The number of benzene rings is 2. The molecule has 168 valence electrons. The normalized spacial score (nSPS) is 17.7. The van der Waals surface area contributed by atoms with Crippen LogP contribution in [0.1, 0.15) is 59.2 Å². The molecule has 0 spiro atoms. The molecule has 1 N–H and O–H groups in total. The quantitative estimate of drug-likeness (QED) is 0.326. The smallest absolute Gasteiger partial charge is 0.295 e. The zero-order valence-electron chi connectivity index (χ0n) is 19.4. The number of carbonyl (C=O) groups excluding carboxylic acids is 2. The van der Waals surface area contributed by atoms with Crippen molar-refractivity contribution in [3.63, 3.8) is 0 Å². The van der Waals surface area contributed by atoms with Crippen molar-refractivity contribution < 1.29 is 14.7 Å². The minimum atomic E-state index is -0.681. The van der Waals surface area contributed by atoms with Gasteiger partial charge in [0.1, 0.15) is 5.76 Å². The van der Waals surface area contributed by atoms with Gasteiger partial charge >= 0.3 is 0 Å². The molecule has 1 aromatic heterocycles. The van der Waals surface area contributed by atoms with Gasteiger partial charge < -0.3 is 10.0 Å². The van der Waals surface area contributed by atoms with E-state index in [0.29, 0.717) is 11.5 Å². The Labute approximate surface area is 194 Å². The van der Waals surface area contributed by atoms with E-state index in [-0.39, 0.29) is 17.9 Å². The number of nitrogens with zero attached hydrogens (tertiary/aromatic N) is 2. The number of ketones is 1. The van der Waals surface area contributed by atoms with Crippen molar-refractivity contribution in [1.29, 1.82) is 0 Å². The summed E-state index contributed by atoms with van der Waals surface area (Å²) < 4.78 is 0. The summed E-state index contributed by atoms with van der Waals surface area (Å²) in [4.78, 5) is 32.0. The van der Waals surface area contributed by atoms with Crippen LogP contribution in [0, 0.1) is 13.8 Å². The van der Waals surface area contributed by atoms with E-state index in [2.05, 4.69) is 18.8 Å². The van der Waals surface area contributed by atoms with Crippen molar-refractivity contribution >= 4 is 17.4 Å². The molecule has 1 saturated heterocycles. The molecule has 2 heterocycles. The third-order valence-corrected chi connectivity index (χ3v) is 6.21. The Balaban J connectivity index is 1.89. The second-order valence-corrected chi connectivity index (χ2v) is 8.92. The van der Waals surface area contributed by atoms with Gasteiger partial charge in [-0.25, -0.2) is 0 Å². The first kappa shape index (κ1) is 22.5. The van der Waals surface area contributed by atoms with Crippen LogP contribution in [-0.4, -0.2) is 26.7 Å². The fourth-order valence-corrected chi connectivity index (χ4v) is 4.27. The van der Waals surface area contributed by atoms with Crippen LogP contribution in [0.3, 0.4) is 0 Å². The van der Waals surface area contributed by atoms with Crippen LogP contribution in [0.5, 0.6) is 0 Å². The first-order valence-electron chi connectivity index (χ1n) is 11.1. The van der Waals surface area contributed by atoms with E-state index in [4.69, 9.17) is 0 Å². The highest BCUT2D eigenvalue weighted by Gasteiger charge is 2.46. The molecule has 4 rings (SSSR count). The Kier molecular flexibility index (Phi) is 6.14. The third kappa shape index (κ3) is 4.31. The molecule has 3 aromatic rings. The molecule has 5 heteroatoms. The Bertz CT molecular complexity index is 1230. The molecular formula is C28H28N2O3. The summed E-state index contributed by atoms with van der Waals surface area (Å²) in [7, 11) is 0. The molecule has 0 bridgehead atoms. The van der Waals surface area contributed by atoms with E-state index in [1.807, 2.05) is 68.4 Å². The summed E-state index contributed by atoms with van der Waals surface area (Å²) in [5.41, 5.74) is 5.32. The van der Waals surface area contributed by atoms with Crippen LogP contribution < -0.4 is 0 Å². The van der Waals surface area contributed by atoms with E-state index in [9.17, 15) is 14.7 Å². The molecule has 1 unspecified atom stereocenters. The number of rotatable bonds is 5. The molecule has 0 aliphatic carbocycles. The number of pyridine rings is 1. The lowest BCUT2D eigenvalue weighted by molar-refractivity contribution is -0.140. The molecule has 1 aliphatic rings. The van der Waals surface area contributed by atoms with E-state index in [0.717, 1.165) is 22.3 Å². The zero-order chi connectivity index (χ0) is 23.7. The van der Waals surface area contributed by atoms with Gasteiger partial charge in [-0.15, -0.1) is 0 Å². The van der Waals surface area contributed by atoms with Crippen molar-refractivity contribution in [2.24, 2.45) is 0 Å². The number of hydrogen-bond acceptors (Lipinski definition) is 4. The second kappa shape index (κ2) is 9.02. The number of hydrogen-bond donors (Lipinski definition) is 1. The summed E-state index contributed by atoms with van der Waals surface area (Å²) in [5.74, 6) is -1.06. The average molecular weight is 441 g/mol. The van der Waals surface area contributed by atoms with Gasteiger partial charge in [0, 0.05) is 24.5 Å². The molecule has 2 aromatic carbocycles. The summed E-state index contributed by atoms with van der Waals surface area (Å²) in [6.45, 7) is 8.29. The third-order valence-electron chi connectivity index (χ3n) is 6.21. The Morgan fingerprint density at radius 2 is 1.67 bits per heavy atom. The fourth-order valence-electron chi connectivity index (χ4n) is 4.27. The average Bonchev–Trinajstić information content (AvgIpc) is 3.06. The largest absolute Gasteiger partial charge is 0.507 e. The molecule has 1 amide bonds. The monoisotopic (exact) mass is 440 g/mol. The summed E-state index contributed by atoms with van der Waals surface area (Å²) in [6, 6.07) is 16.6. The molecule has 0 saturated carbocycles. The minimum Gasteiger partial charge on any atom is -0.507 e. The number of carbonyl (C=O) groups is 2. The maximum absolute atomic E-state index is 13.3. The van der Waals surface area contributed by atoms with Gasteiger partial charge in [-0.2, -0.15) is 0 Å². The molecular weight excluding hydrogens is 412 g/mol. The summed E-state index contributed by atoms with van der Waals surface area (Å²) in [6.07, 6.45) is 3.32. The van der Waals surface area contributed by atoms with Crippen molar-refractivity contribution in [2.75, 3.05) is 0 Å². The van der Waals surface area contributed by atoms with Crippen LogP contribution >= 0.6 is 0 Å². The van der Waals surface area contributed by atoms with Crippen LogP contribution in [-0.2, 0) is 16.1 Å². The minimum absolute atomic E-state index is 0.125.